The molecule has 0 bridgehead atoms. The van der Waals surface area contributed by atoms with Crippen molar-refractivity contribution in [2.75, 3.05) is 13.2 Å². The van der Waals surface area contributed by atoms with Crippen LogP contribution in [0.2, 0.25) is 0 Å². The fourth-order valence-corrected chi connectivity index (χ4v) is 3.75. The van der Waals surface area contributed by atoms with Crippen molar-refractivity contribution in [1.29, 1.82) is 0 Å². The number of aliphatic hydroxyl groups is 1. The van der Waals surface area contributed by atoms with E-state index in [1.54, 1.807) is 13.8 Å². The third kappa shape index (κ3) is 6.87. The molecule has 0 aliphatic carbocycles. The Kier molecular flexibility index (Phi) is 9.09. The monoisotopic (exact) mass is 420 g/mol. The Bertz CT molecular complexity index is 726. The molecule has 168 valence electrons. The van der Waals surface area contributed by atoms with E-state index >= 15 is 0 Å². The maximum absolute atomic E-state index is 12.9. The first-order valence-corrected chi connectivity index (χ1v) is 10.3. The zero-order chi connectivity index (χ0) is 23.0. The Hall–Kier alpha value is -2.34. The largest absolute Gasteiger partial charge is 0.496 e. The number of allylic oxidation sites excluding steroid dienone is 1. The van der Waals surface area contributed by atoms with E-state index in [1.165, 1.54) is 0 Å². The topological polar surface area (TPSA) is 93.1 Å². The highest BCUT2D eigenvalue weighted by molar-refractivity contribution is 5.79. The molecule has 0 radical (unpaired) electrons. The van der Waals surface area contributed by atoms with Crippen molar-refractivity contribution >= 4 is 11.9 Å². The summed E-state index contributed by atoms with van der Waals surface area (Å²) >= 11 is 0. The molecule has 2 N–H and O–H groups in total. The number of hydrogen-bond donors (Lipinski definition) is 2. The number of aliphatic hydroxyl groups excluding tert-OH is 1. The molecule has 0 aliphatic heterocycles. The van der Waals surface area contributed by atoms with Gasteiger partial charge in [-0.25, -0.2) is 0 Å². The van der Waals surface area contributed by atoms with Crippen LogP contribution in [0.1, 0.15) is 59.4 Å². The number of carbonyl (C=O) groups excluding carboxylic acids is 1. The molecular formula is C24H36O6. The van der Waals surface area contributed by atoms with E-state index in [0.717, 1.165) is 5.56 Å². The first kappa shape index (κ1) is 25.7. The van der Waals surface area contributed by atoms with Gasteiger partial charge in [-0.2, -0.15) is 0 Å². The molecule has 0 aromatic heterocycles. The lowest BCUT2D eigenvalue weighted by atomic mass is 9.65. The smallest absolute Gasteiger partial charge is 0.312 e. The summed E-state index contributed by atoms with van der Waals surface area (Å²) in [6, 6.07) is 9.38. The van der Waals surface area contributed by atoms with Crippen LogP contribution in [0.15, 0.2) is 42.7 Å². The second kappa shape index (κ2) is 10.6. The van der Waals surface area contributed by atoms with Crippen molar-refractivity contribution in [2.24, 2.45) is 16.2 Å². The maximum atomic E-state index is 12.9. The number of rotatable bonds is 13. The van der Waals surface area contributed by atoms with Gasteiger partial charge in [0.2, 0.25) is 0 Å². The van der Waals surface area contributed by atoms with Crippen LogP contribution in [0.5, 0.6) is 0 Å². The predicted molar refractivity (Wildman–Crippen MR) is 116 cm³/mol. The van der Waals surface area contributed by atoms with Gasteiger partial charge in [0, 0.05) is 5.41 Å². The minimum Gasteiger partial charge on any atom is -0.496 e. The molecule has 0 saturated carbocycles. The van der Waals surface area contributed by atoms with Gasteiger partial charge in [0.15, 0.2) is 0 Å². The highest BCUT2D eigenvalue weighted by atomic mass is 16.5. The number of hydrogen-bond acceptors (Lipinski definition) is 5. The zero-order valence-electron chi connectivity index (χ0n) is 18.9. The molecule has 1 rings (SSSR count). The van der Waals surface area contributed by atoms with Crippen LogP contribution in [0.25, 0.3) is 0 Å². The van der Waals surface area contributed by atoms with E-state index in [4.69, 9.17) is 14.6 Å². The Balaban J connectivity index is 2.99. The van der Waals surface area contributed by atoms with Gasteiger partial charge >= 0.3 is 11.9 Å². The second-order valence-corrected chi connectivity index (χ2v) is 9.07. The van der Waals surface area contributed by atoms with Gasteiger partial charge in [0.1, 0.15) is 13.2 Å². The minimum absolute atomic E-state index is 0.102. The number of aliphatic carboxylic acids is 1. The molecule has 6 nitrogen and oxygen atoms in total. The SMILES string of the molecule is C=C(OCCO)C(C)(C)CC(C)(CC(C)(CC)C(=O)OCc1ccccc1)C(=O)O. The van der Waals surface area contributed by atoms with E-state index in [9.17, 15) is 14.7 Å². The van der Waals surface area contributed by atoms with E-state index in [-0.39, 0.29) is 32.7 Å². The van der Waals surface area contributed by atoms with Crippen LogP contribution >= 0.6 is 0 Å². The molecular weight excluding hydrogens is 384 g/mol. The quantitative estimate of drug-likeness (QED) is 0.359. The van der Waals surface area contributed by atoms with Crippen LogP contribution in [0.4, 0.5) is 0 Å². The van der Waals surface area contributed by atoms with E-state index in [2.05, 4.69) is 6.58 Å². The van der Waals surface area contributed by atoms with Gasteiger partial charge < -0.3 is 19.7 Å². The van der Waals surface area contributed by atoms with Gasteiger partial charge in [-0.3, -0.25) is 9.59 Å². The summed E-state index contributed by atoms with van der Waals surface area (Å²) in [5, 5.41) is 19.0. The third-order valence-corrected chi connectivity index (χ3v) is 5.74. The lowest BCUT2D eigenvalue weighted by Gasteiger charge is -2.40. The summed E-state index contributed by atoms with van der Waals surface area (Å²) in [7, 11) is 0. The Labute approximate surface area is 179 Å². The molecule has 0 spiro atoms. The van der Waals surface area contributed by atoms with E-state index in [1.807, 2.05) is 51.1 Å². The molecule has 30 heavy (non-hydrogen) atoms. The normalized spacial score (nSPS) is 15.5. The highest BCUT2D eigenvalue weighted by Gasteiger charge is 2.48. The summed E-state index contributed by atoms with van der Waals surface area (Å²) in [5.74, 6) is -0.982. The zero-order valence-corrected chi connectivity index (χ0v) is 18.9. The Morgan fingerprint density at radius 2 is 1.60 bits per heavy atom. The lowest BCUT2D eigenvalue weighted by molar-refractivity contribution is -0.163. The molecule has 0 saturated heterocycles. The molecule has 6 heteroatoms. The van der Waals surface area contributed by atoms with Crippen molar-refractivity contribution in [3.05, 3.63) is 48.2 Å². The first-order valence-electron chi connectivity index (χ1n) is 10.3. The van der Waals surface area contributed by atoms with Crippen LogP contribution in [0, 0.1) is 16.2 Å². The van der Waals surface area contributed by atoms with Crippen molar-refractivity contribution in [3.8, 4) is 0 Å². The van der Waals surface area contributed by atoms with Crippen molar-refractivity contribution < 1.29 is 29.3 Å². The summed E-state index contributed by atoms with van der Waals surface area (Å²) in [4.78, 5) is 25.2. The third-order valence-electron chi connectivity index (χ3n) is 5.74. The average molecular weight is 421 g/mol. The molecule has 0 fully saturated rings. The number of ether oxygens (including phenoxy) is 2. The number of carbonyl (C=O) groups is 2. The first-order chi connectivity index (χ1) is 13.9. The summed E-state index contributed by atoms with van der Waals surface area (Å²) < 4.78 is 11.0. The van der Waals surface area contributed by atoms with Gasteiger partial charge in [0.25, 0.3) is 0 Å². The molecule has 0 amide bonds. The molecule has 0 heterocycles. The number of esters is 1. The summed E-state index contributed by atoms with van der Waals surface area (Å²) in [5.41, 5.74) is -1.94. The van der Waals surface area contributed by atoms with Crippen LogP contribution in [-0.2, 0) is 25.7 Å². The van der Waals surface area contributed by atoms with Gasteiger partial charge in [-0.1, -0.05) is 57.7 Å². The van der Waals surface area contributed by atoms with Crippen molar-refractivity contribution in [3.63, 3.8) is 0 Å². The lowest BCUT2D eigenvalue weighted by Crippen LogP contribution is -2.42. The fourth-order valence-electron chi connectivity index (χ4n) is 3.75. The molecule has 1 aromatic rings. The average Bonchev–Trinajstić information content (AvgIpc) is 2.70. The van der Waals surface area contributed by atoms with Crippen molar-refractivity contribution in [1.82, 2.24) is 0 Å². The summed E-state index contributed by atoms with van der Waals surface area (Å²) in [6.45, 7) is 13.0. The van der Waals surface area contributed by atoms with Gasteiger partial charge in [-0.15, -0.1) is 0 Å². The van der Waals surface area contributed by atoms with Crippen LogP contribution < -0.4 is 0 Å². The number of carboxylic acid groups (broad SMARTS) is 1. The predicted octanol–water partition coefficient (Wildman–Crippen LogP) is 4.57. The Morgan fingerprint density at radius 1 is 1.00 bits per heavy atom. The molecule has 2 unspecified atom stereocenters. The number of benzene rings is 1. The fraction of sp³-hybridized carbons (Fsp3) is 0.583. The Morgan fingerprint density at radius 3 is 2.10 bits per heavy atom. The summed E-state index contributed by atoms with van der Waals surface area (Å²) in [6.07, 6.45) is 0.795. The second-order valence-electron chi connectivity index (χ2n) is 9.07. The molecule has 2 atom stereocenters. The number of carboxylic acids is 1. The van der Waals surface area contributed by atoms with E-state index in [0.29, 0.717) is 12.2 Å². The van der Waals surface area contributed by atoms with Crippen molar-refractivity contribution in [2.45, 2.75) is 60.5 Å². The minimum atomic E-state index is -1.20. The van der Waals surface area contributed by atoms with Gasteiger partial charge in [-0.05, 0) is 38.7 Å². The van der Waals surface area contributed by atoms with Crippen LogP contribution in [-0.4, -0.2) is 35.4 Å². The van der Waals surface area contributed by atoms with Gasteiger partial charge in [0.05, 0.1) is 23.2 Å². The highest BCUT2D eigenvalue weighted by Crippen LogP contribution is 2.46. The van der Waals surface area contributed by atoms with E-state index < -0.39 is 28.2 Å². The maximum Gasteiger partial charge on any atom is 0.312 e. The molecule has 1 aromatic carbocycles. The van der Waals surface area contributed by atoms with Crippen LogP contribution in [0.3, 0.4) is 0 Å². The standard InChI is InChI=1S/C24H36O6/c1-7-23(5,21(28)30-15-19-11-9-8-10-12-19)17-24(6,20(26)27)16-22(3,4)18(2)29-14-13-25/h8-12,25H,2,7,13-17H2,1,3-6H3,(H,26,27). The molecule has 0 aliphatic rings.